The lowest BCUT2D eigenvalue weighted by atomic mass is 9.73. The topological polar surface area (TPSA) is 67.5 Å². The normalized spacial score (nSPS) is 16.4. The van der Waals surface area contributed by atoms with Crippen molar-refractivity contribution in [2.75, 3.05) is 32.9 Å². The number of unbranched alkanes of at least 4 members (excludes halogenated alkanes) is 2. The molecule has 2 aliphatic rings. The van der Waals surface area contributed by atoms with Crippen LogP contribution in [0.25, 0.3) is 22.0 Å². The van der Waals surface area contributed by atoms with Crippen molar-refractivity contribution in [3.05, 3.63) is 108 Å². The van der Waals surface area contributed by atoms with Crippen LogP contribution in [0.3, 0.4) is 0 Å². The Balaban J connectivity index is 1.14. The molecule has 1 saturated heterocycles. The number of fused-ring (bicyclic) bond motifs is 1. The van der Waals surface area contributed by atoms with Crippen LogP contribution in [-0.4, -0.2) is 53.9 Å². The van der Waals surface area contributed by atoms with Crippen molar-refractivity contribution >= 4 is 28.0 Å². The molecule has 0 unspecified atom stereocenters. The van der Waals surface area contributed by atoms with E-state index < -0.39 is 0 Å². The van der Waals surface area contributed by atoms with Crippen LogP contribution in [0, 0.1) is 5.92 Å². The number of rotatable bonds is 11. The molecule has 3 aromatic carbocycles. The number of allylic oxidation sites excluding steroid dienone is 2. The molecule has 42 heavy (non-hydrogen) atoms. The standard InChI is InChI=1S/C36H39N3O3/c40-34(39-20-23-41-24-21-39)13-6-1-2-7-22-42-32-17-14-29(15-18-32)36(30-16-19-33-31(25-30)26-37-38-33)35(28-11-8-12-28)27-9-4-3-5-10-27/h3-6,9-10,13-19,25-26,28H,1-2,7-8,11-12,20-24H2,(H,37,38)/b13-6+,36-35-. The number of benzene rings is 3. The summed E-state index contributed by atoms with van der Waals surface area (Å²) in [6.45, 7) is 3.28. The summed E-state index contributed by atoms with van der Waals surface area (Å²) >= 11 is 0. The Hall–Kier alpha value is -4.16. The van der Waals surface area contributed by atoms with E-state index in [9.17, 15) is 4.79 Å². The van der Waals surface area contributed by atoms with Gasteiger partial charge in [0.25, 0.3) is 0 Å². The van der Waals surface area contributed by atoms with Crippen LogP contribution in [-0.2, 0) is 9.53 Å². The summed E-state index contributed by atoms with van der Waals surface area (Å²) in [5.41, 5.74) is 7.48. The first-order chi connectivity index (χ1) is 20.8. The minimum absolute atomic E-state index is 0.0838. The third-order valence-corrected chi connectivity index (χ3v) is 8.36. The van der Waals surface area contributed by atoms with E-state index in [1.54, 1.807) is 6.08 Å². The van der Waals surface area contributed by atoms with E-state index in [2.05, 4.69) is 83.0 Å². The van der Waals surface area contributed by atoms with Gasteiger partial charge in [-0.2, -0.15) is 5.10 Å². The minimum atomic E-state index is 0.0838. The number of carbonyl (C=O) groups is 1. The highest BCUT2D eigenvalue weighted by Crippen LogP contribution is 2.45. The van der Waals surface area contributed by atoms with Gasteiger partial charge in [0, 0.05) is 18.5 Å². The van der Waals surface area contributed by atoms with E-state index in [1.165, 1.54) is 47.1 Å². The first kappa shape index (κ1) is 28.0. The Morgan fingerprint density at radius 1 is 0.952 bits per heavy atom. The lowest BCUT2D eigenvalue weighted by Gasteiger charge is -2.31. The van der Waals surface area contributed by atoms with Gasteiger partial charge in [-0.3, -0.25) is 9.89 Å². The summed E-state index contributed by atoms with van der Waals surface area (Å²) in [6, 6.07) is 26.0. The molecule has 0 radical (unpaired) electrons. The summed E-state index contributed by atoms with van der Waals surface area (Å²) in [6.07, 6.45) is 12.1. The zero-order valence-corrected chi connectivity index (χ0v) is 24.1. The maximum absolute atomic E-state index is 12.2. The molecule has 1 aromatic heterocycles. The number of hydrogen-bond donors (Lipinski definition) is 1. The molecule has 216 valence electrons. The van der Waals surface area contributed by atoms with Crippen LogP contribution in [0.4, 0.5) is 0 Å². The summed E-state index contributed by atoms with van der Waals surface area (Å²) in [5.74, 6) is 1.52. The number of H-pyrrole nitrogens is 1. The second-order valence-electron chi connectivity index (χ2n) is 11.2. The van der Waals surface area contributed by atoms with Crippen molar-refractivity contribution in [2.24, 2.45) is 5.92 Å². The van der Waals surface area contributed by atoms with Gasteiger partial charge in [-0.25, -0.2) is 0 Å². The number of aromatic amines is 1. The molecule has 6 heteroatoms. The smallest absolute Gasteiger partial charge is 0.246 e. The fraction of sp³-hybridized carbons (Fsp3) is 0.333. The molecule has 0 atom stereocenters. The Morgan fingerprint density at radius 2 is 1.74 bits per heavy atom. The van der Waals surface area contributed by atoms with Gasteiger partial charge in [-0.05, 0) is 96.2 Å². The molecule has 0 spiro atoms. The predicted octanol–water partition coefficient (Wildman–Crippen LogP) is 7.29. The minimum Gasteiger partial charge on any atom is -0.494 e. The van der Waals surface area contributed by atoms with E-state index in [1.807, 2.05) is 17.2 Å². The average Bonchev–Trinajstić information content (AvgIpc) is 3.49. The number of nitrogens with one attached hydrogen (secondary N) is 1. The predicted molar refractivity (Wildman–Crippen MR) is 168 cm³/mol. The van der Waals surface area contributed by atoms with E-state index >= 15 is 0 Å². The van der Waals surface area contributed by atoms with Crippen molar-refractivity contribution in [3.63, 3.8) is 0 Å². The summed E-state index contributed by atoms with van der Waals surface area (Å²) < 4.78 is 11.4. The summed E-state index contributed by atoms with van der Waals surface area (Å²) in [4.78, 5) is 14.1. The molecule has 1 amide bonds. The molecule has 4 aromatic rings. The molecule has 1 N–H and O–H groups in total. The number of nitrogens with zero attached hydrogens (tertiary/aromatic N) is 2. The fourth-order valence-electron chi connectivity index (χ4n) is 5.82. The molecule has 1 aliphatic heterocycles. The zero-order valence-electron chi connectivity index (χ0n) is 24.1. The molecule has 1 aliphatic carbocycles. The van der Waals surface area contributed by atoms with Gasteiger partial charge in [-0.1, -0.05) is 61.0 Å². The second kappa shape index (κ2) is 13.7. The maximum Gasteiger partial charge on any atom is 0.246 e. The first-order valence-electron chi connectivity index (χ1n) is 15.3. The maximum atomic E-state index is 12.2. The van der Waals surface area contributed by atoms with Crippen LogP contribution >= 0.6 is 0 Å². The van der Waals surface area contributed by atoms with Crippen molar-refractivity contribution in [2.45, 2.75) is 38.5 Å². The first-order valence-corrected chi connectivity index (χ1v) is 15.3. The number of carbonyl (C=O) groups excluding carboxylic acids is 1. The summed E-state index contributed by atoms with van der Waals surface area (Å²) in [5, 5.41) is 8.45. The number of aromatic nitrogens is 2. The largest absolute Gasteiger partial charge is 0.494 e. The van der Waals surface area contributed by atoms with Crippen molar-refractivity contribution < 1.29 is 14.3 Å². The van der Waals surface area contributed by atoms with E-state index in [0.29, 0.717) is 38.8 Å². The number of hydrogen-bond acceptors (Lipinski definition) is 4. The Kier molecular flexibility index (Phi) is 9.11. The third-order valence-electron chi connectivity index (χ3n) is 8.36. The molecule has 2 heterocycles. The molecule has 2 fully saturated rings. The van der Waals surface area contributed by atoms with E-state index in [0.717, 1.165) is 35.9 Å². The molecule has 1 saturated carbocycles. The monoisotopic (exact) mass is 561 g/mol. The van der Waals surface area contributed by atoms with E-state index in [4.69, 9.17) is 9.47 Å². The lowest BCUT2D eigenvalue weighted by Crippen LogP contribution is -2.39. The van der Waals surface area contributed by atoms with E-state index in [-0.39, 0.29) is 5.91 Å². The molecule has 6 rings (SSSR count). The molecule has 6 nitrogen and oxygen atoms in total. The van der Waals surface area contributed by atoms with Crippen LogP contribution in [0.1, 0.15) is 55.2 Å². The zero-order chi connectivity index (χ0) is 28.6. The van der Waals surface area contributed by atoms with Crippen LogP contribution < -0.4 is 4.74 Å². The Labute approximate surface area is 248 Å². The average molecular weight is 562 g/mol. The van der Waals surface area contributed by atoms with Gasteiger partial charge in [0.1, 0.15) is 5.75 Å². The van der Waals surface area contributed by atoms with Crippen molar-refractivity contribution in [1.82, 2.24) is 15.1 Å². The van der Waals surface area contributed by atoms with Crippen LogP contribution in [0.2, 0.25) is 0 Å². The fourth-order valence-corrected chi connectivity index (χ4v) is 5.82. The van der Waals surface area contributed by atoms with Gasteiger partial charge in [0.15, 0.2) is 0 Å². The SMILES string of the molecule is O=C(/C=C/CCCCOc1ccc(/C(=C(\c2ccccc2)C2CCC2)c2ccc3[nH]ncc3c2)cc1)N1CCOCC1. The van der Waals surface area contributed by atoms with Gasteiger partial charge < -0.3 is 14.4 Å². The second-order valence-corrected chi connectivity index (χ2v) is 11.2. The summed E-state index contributed by atoms with van der Waals surface area (Å²) in [7, 11) is 0. The third kappa shape index (κ3) is 6.66. The highest BCUT2D eigenvalue weighted by molar-refractivity contribution is 6.01. The lowest BCUT2D eigenvalue weighted by molar-refractivity contribution is -0.129. The highest BCUT2D eigenvalue weighted by Gasteiger charge is 2.27. The molecular formula is C36H39N3O3. The van der Waals surface area contributed by atoms with Crippen molar-refractivity contribution in [3.8, 4) is 5.75 Å². The number of ether oxygens (including phenoxy) is 2. The molecular weight excluding hydrogens is 522 g/mol. The van der Waals surface area contributed by atoms with Crippen LogP contribution in [0.5, 0.6) is 5.75 Å². The van der Waals surface area contributed by atoms with Gasteiger partial charge in [0.2, 0.25) is 5.91 Å². The number of amides is 1. The Bertz CT molecular complexity index is 1530. The number of morpholine rings is 1. The Morgan fingerprint density at radius 3 is 2.50 bits per heavy atom. The van der Waals surface area contributed by atoms with Gasteiger partial charge >= 0.3 is 0 Å². The highest BCUT2D eigenvalue weighted by atomic mass is 16.5. The van der Waals surface area contributed by atoms with Crippen molar-refractivity contribution in [1.29, 1.82) is 0 Å². The molecule has 0 bridgehead atoms. The quantitative estimate of drug-likeness (QED) is 0.119. The van der Waals surface area contributed by atoms with Gasteiger partial charge in [0.05, 0.1) is 31.5 Å². The van der Waals surface area contributed by atoms with Gasteiger partial charge in [-0.15, -0.1) is 0 Å². The van der Waals surface area contributed by atoms with Crippen LogP contribution in [0.15, 0.2) is 91.1 Å².